The van der Waals surface area contributed by atoms with Gasteiger partial charge in [0, 0.05) is 31.9 Å². The number of nitrogens with two attached hydrogens (primary N) is 1. The van der Waals surface area contributed by atoms with E-state index < -0.39 is 0 Å². The van der Waals surface area contributed by atoms with Crippen molar-refractivity contribution in [2.75, 3.05) is 12.4 Å². The molecule has 3 N–H and O–H groups in total. The van der Waals surface area contributed by atoms with Crippen LogP contribution in [0.4, 0.5) is 17.3 Å². The van der Waals surface area contributed by atoms with Gasteiger partial charge < -0.3 is 11.1 Å². The van der Waals surface area contributed by atoms with Gasteiger partial charge in [-0.25, -0.2) is 9.98 Å². The van der Waals surface area contributed by atoms with Gasteiger partial charge in [-0.2, -0.15) is 5.10 Å². The van der Waals surface area contributed by atoms with Gasteiger partial charge in [0.1, 0.15) is 11.7 Å². The van der Waals surface area contributed by atoms with Crippen LogP contribution in [-0.4, -0.2) is 44.2 Å². The van der Waals surface area contributed by atoms with Crippen molar-refractivity contribution in [1.82, 2.24) is 25.1 Å². The fourth-order valence-corrected chi connectivity index (χ4v) is 3.27. The summed E-state index contributed by atoms with van der Waals surface area (Å²) in [5.74, 6) is 1.71. The van der Waals surface area contributed by atoms with Gasteiger partial charge in [-0.05, 0) is 53.4 Å². The normalized spacial score (nSPS) is 13.0. The lowest BCUT2D eigenvalue weighted by molar-refractivity contribution is 0.843. The number of nitrogens with zero attached hydrogens (tertiary/aromatic N) is 7. The molecule has 0 saturated heterocycles. The van der Waals surface area contributed by atoms with E-state index in [1.807, 2.05) is 24.3 Å². The number of anilines is 2. The SMILES string of the molecule is CN=CC(C(N)=Nc1ccncc1)c1cnc2ccc(Nc3cc(C(C)C)cnn3)nc2c1. The number of pyridine rings is 3. The number of aliphatic imine (C=N–C) groups is 2. The van der Waals surface area contributed by atoms with E-state index in [2.05, 4.69) is 49.3 Å². The Bertz CT molecular complexity index is 1300. The van der Waals surface area contributed by atoms with Crippen molar-refractivity contribution in [3.05, 3.63) is 72.3 Å². The average Bonchev–Trinajstić information content (AvgIpc) is 2.83. The summed E-state index contributed by atoms with van der Waals surface area (Å²) in [6.07, 6.45) is 8.64. The lowest BCUT2D eigenvalue weighted by Gasteiger charge is -2.13. The molecule has 4 rings (SSSR count). The van der Waals surface area contributed by atoms with Crippen molar-refractivity contribution in [3.63, 3.8) is 0 Å². The smallest absolute Gasteiger partial charge is 0.154 e. The highest BCUT2D eigenvalue weighted by Gasteiger charge is 2.16. The molecule has 0 bridgehead atoms. The van der Waals surface area contributed by atoms with Gasteiger partial charge in [-0.15, -0.1) is 5.10 Å². The predicted molar refractivity (Wildman–Crippen MR) is 132 cm³/mol. The molecule has 0 spiro atoms. The molecule has 9 nitrogen and oxygen atoms in total. The number of fused-ring (bicyclic) bond motifs is 1. The van der Waals surface area contributed by atoms with E-state index in [0.29, 0.717) is 23.4 Å². The van der Waals surface area contributed by atoms with Gasteiger partial charge in [-0.3, -0.25) is 15.0 Å². The van der Waals surface area contributed by atoms with Crippen molar-refractivity contribution in [3.8, 4) is 0 Å². The number of hydrogen-bond acceptors (Lipinski definition) is 8. The van der Waals surface area contributed by atoms with E-state index in [1.54, 1.807) is 50.2 Å². The Hall–Kier alpha value is -4.27. The Morgan fingerprint density at radius 1 is 1.00 bits per heavy atom. The highest BCUT2D eigenvalue weighted by molar-refractivity contribution is 6.03. The second kappa shape index (κ2) is 9.90. The molecule has 0 aliphatic rings. The third-order valence-electron chi connectivity index (χ3n) is 5.05. The maximum atomic E-state index is 6.35. The molecular weight excluding hydrogens is 414 g/mol. The zero-order valence-electron chi connectivity index (χ0n) is 18.7. The highest BCUT2D eigenvalue weighted by atomic mass is 15.2. The predicted octanol–water partition coefficient (Wildman–Crippen LogP) is 4.15. The number of nitrogens with one attached hydrogen (secondary N) is 1. The quantitative estimate of drug-likeness (QED) is 0.327. The van der Waals surface area contributed by atoms with Crippen LogP contribution in [0.2, 0.25) is 0 Å². The van der Waals surface area contributed by atoms with Crippen LogP contribution in [0.5, 0.6) is 0 Å². The van der Waals surface area contributed by atoms with Gasteiger partial charge in [0.2, 0.25) is 0 Å². The molecule has 166 valence electrons. The number of amidine groups is 1. The molecule has 0 fully saturated rings. The summed E-state index contributed by atoms with van der Waals surface area (Å²) in [5, 5.41) is 11.5. The first-order valence-electron chi connectivity index (χ1n) is 10.6. The lowest BCUT2D eigenvalue weighted by Crippen LogP contribution is -2.23. The van der Waals surface area contributed by atoms with E-state index >= 15 is 0 Å². The van der Waals surface area contributed by atoms with Crippen LogP contribution in [0, 0.1) is 0 Å². The molecular formula is C24H25N9. The molecule has 4 aromatic heterocycles. The molecule has 0 aromatic carbocycles. The summed E-state index contributed by atoms with van der Waals surface area (Å²) >= 11 is 0. The van der Waals surface area contributed by atoms with Crippen molar-refractivity contribution >= 4 is 40.4 Å². The summed E-state index contributed by atoms with van der Waals surface area (Å²) in [6, 6.07) is 11.3. The van der Waals surface area contributed by atoms with E-state index in [0.717, 1.165) is 27.8 Å². The minimum atomic E-state index is -0.341. The van der Waals surface area contributed by atoms with Crippen LogP contribution in [0.25, 0.3) is 11.0 Å². The molecule has 0 radical (unpaired) electrons. The van der Waals surface area contributed by atoms with Crippen LogP contribution >= 0.6 is 0 Å². The minimum Gasteiger partial charge on any atom is -0.386 e. The van der Waals surface area contributed by atoms with Crippen molar-refractivity contribution in [2.45, 2.75) is 25.7 Å². The summed E-state index contributed by atoms with van der Waals surface area (Å²) in [4.78, 5) is 22.0. The molecule has 9 heteroatoms. The number of hydrogen-bond donors (Lipinski definition) is 2. The molecule has 0 amide bonds. The highest BCUT2D eigenvalue weighted by Crippen LogP contribution is 2.23. The zero-order valence-corrected chi connectivity index (χ0v) is 18.7. The standard InChI is InChI=1S/C24H25N9/c1-15(2)16-11-23(33-29-13-16)32-22-5-4-20-21(31-22)10-17(12-28-20)19(14-26-3)24(25)30-18-6-8-27-9-7-18/h4-15,19H,1-3H3,(H2,25,27,30)(H,31,32,33). The topological polar surface area (TPSA) is 127 Å². The van der Waals surface area contributed by atoms with Crippen LogP contribution in [0.3, 0.4) is 0 Å². The maximum absolute atomic E-state index is 6.35. The number of rotatable bonds is 7. The fourth-order valence-electron chi connectivity index (χ4n) is 3.27. The summed E-state index contributed by atoms with van der Waals surface area (Å²) in [5.41, 5.74) is 10.5. The summed E-state index contributed by atoms with van der Waals surface area (Å²) < 4.78 is 0. The molecule has 4 aromatic rings. The van der Waals surface area contributed by atoms with Gasteiger partial charge in [0.15, 0.2) is 5.82 Å². The van der Waals surface area contributed by atoms with Gasteiger partial charge in [-0.1, -0.05) is 13.8 Å². The van der Waals surface area contributed by atoms with Crippen LogP contribution < -0.4 is 11.1 Å². The number of aromatic nitrogens is 5. The Kier molecular flexibility index (Phi) is 6.58. The second-order valence-corrected chi connectivity index (χ2v) is 7.78. The third-order valence-corrected chi connectivity index (χ3v) is 5.05. The van der Waals surface area contributed by atoms with Crippen molar-refractivity contribution < 1.29 is 0 Å². The molecule has 1 atom stereocenters. The van der Waals surface area contributed by atoms with Crippen molar-refractivity contribution in [1.29, 1.82) is 0 Å². The molecule has 1 unspecified atom stereocenters. The van der Waals surface area contributed by atoms with Crippen molar-refractivity contribution in [2.24, 2.45) is 15.7 Å². The second-order valence-electron chi connectivity index (χ2n) is 7.78. The maximum Gasteiger partial charge on any atom is 0.154 e. The van der Waals surface area contributed by atoms with Crippen LogP contribution in [0.1, 0.15) is 36.8 Å². The lowest BCUT2D eigenvalue weighted by atomic mass is 10.0. The Labute approximate surface area is 192 Å². The Balaban J connectivity index is 1.66. The zero-order chi connectivity index (χ0) is 23.2. The first-order chi connectivity index (χ1) is 16.0. The van der Waals surface area contributed by atoms with Crippen LogP contribution in [-0.2, 0) is 0 Å². The molecule has 33 heavy (non-hydrogen) atoms. The average molecular weight is 440 g/mol. The molecule has 0 aliphatic heterocycles. The largest absolute Gasteiger partial charge is 0.386 e. The monoisotopic (exact) mass is 439 g/mol. The van der Waals surface area contributed by atoms with Gasteiger partial charge >= 0.3 is 0 Å². The first-order valence-corrected chi connectivity index (χ1v) is 10.6. The summed E-state index contributed by atoms with van der Waals surface area (Å²) in [7, 11) is 1.70. The Morgan fingerprint density at radius 2 is 1.82 bits per heavy atom. The van der Waals surface area contributed by atoms with E-state index in [-0.39, 0.29) is 5.92 Å². The molecule has 0 saturated carbocycles. The van der Waals surface area contributed by atoms with E-state index in [1.165, 1.54) is 0 Å². The van der Waals surface area contributed by atoms with Gasteiger partial charge in [0.25, 0.3) is 0 Å². The molecule has 0 aliphatic carbocycles. The van der Waals surface area contributed by atoms with Crippen LogP contribution in [0.15, 0.2) is 71.2 Å². The first kappa shape index (κ1) is 21.9. The minimum absolute atomic E-state index is 0.341. The third kappa shape index (κ3) is 5.32. The van der Waals surface area contributed by atoms with Gasteiger partial charge in [0.05, 0.1) is 28.8 Å². The molecule has 4 heterocycles. The van der Waals surface area contributed by atoms with E-state index in [9.17, 15) is 0 Å². The Morgan fingerprint density at radius 3 is 2.58 bits per heavy atom. The van der Waals surface area contributed by atoms with E-state index in [4.69, 9.17) is 10.7 Å². The summed E-state index contributed by atoms with van der Waals surface area (Å²) in [6.45, 7) is 4.23. The fraction of sp³-hybridized carbons (Fsp3) is 0.208.